The molecule has 1 saturated heterocycles. The van der Waals surface area contributed by atoms with Gasteiger partial charge in [0.2, 0.25) is 0 Å². The maximum Gasteiger partial charge on any atom is 0.255 e. The lowest BCUT2D eigenvalue weighted by Crippen LogP contribution is -2.48. The van der Waals surface area contributed by atoms with E-state index in [1.54, 1.807) is 12.1 Å². The zero-order valence-electron chi connectivity index (χ0n) is 15.0. The highest BCUT2D eigenvalue weighted by Crippen LogP contribution is 2.19. The van der Waals surface area contributed by atoms with Crippen LogP contribution < -0.4 is 10.2 Å². The summed E-state index contributed by atoms with van der Waals surface area (Å²) >= 11 is 0. The van der Waals surface area contributed by atoms with Crippen molar-refractivity contribution in [2.75, 3.05) is 36.4 Å². The van der Waals surface area contributed by atoms with Gasteiger partial charge in [-0.2, -0.15) is 0 Å². The largest absolute Gasteiger partial charge is 0.369 e. The number of amides is 1. The van der Waals surface area contributed by atoms with Crippen LogP contribution in [-0.4, -0.2) is 43.0 Å². The van der Waals surface area contributed by atoms with E-state index < -0.39 is 17.5 Å². The molecular weight excluding hydrogens is 336 g/mol. The van der Waals surface area contributed by atoms with Crippen molar-refractivity contribution in [3.8, 4) is 0 Å². The fourth-order valence-electron chi connectivity index (χ4n) is 3.15. The van der Waals surface area contributed by atoms with Crippen LogP contribution in [0.15, 0.2) is 42.5 Å². The van der Waals surface area contributed by atoms with Crippen LogP contribution in [0.5, 0.6) is 0 Å². The first-order chi connectivity index (χ1) is 12.4. The zero-order chi connectivity index (χ0) is 18.7. The van der Waals surface area contributed by atoms with Gasteiger partial charge in [-0.25, -0.2) is 8.78 Å². The van der Waals surface area contributed by atoms with Gasteiger partial charge in [0.05, 0.1) is 0 Å². The van der Waals surface area contributed by atoms with E-state index in [0.29, 0.717) is 11.6 Å². The molecule has 1 heterocycles. The van der Waals surface area contributed by atoms with Crippen LogP contribution in [0.4, 0.5) is 20.2 Å². The summed E-state index contributed by atoms with van der Waals surface area (Å²) in [6.45, 7) is 8.34. The van der Waals surface area contributed by atoms with Crippen LogP contribution in [0.25, 0.3) is 0 Å². The third kappa shape index (κ3) is 4.38. The van der Waals surface area contributed by atoms with E-state index in [2.05, 4.69) is 29.0 Å². The fraction of sp³-hybridized carbons (Fsp3) is 0.350. The highest BCUT2D eigenvalue weighted by atomic mass is 19.1. The number of nitrogens with zero attached hydrogens (tertiary/aromatic N) is 2. The molecule has 1 aliphatic rings. The molecule has 0 unspecified atom stereocenters. The quantitative estimate of drug-likeness (QED) is 0.903. The predicted molar refractivity (Wildman–Crippen MR) is 99.7 cm³/mol. The van der Waals surface area contributed by atoms with Crippen molar-refractivity contribution in [3.05, 3.63) is 59.7 Å². The van der Waals surface area contributed by atoms with E-state index in [1.165, 1.54) is 0 Å². The molecule has 1 aliphatic heterocycles. The van der Waals surface area contributed by atoms with Gasteiger partial charge in [0.15, 0.2) is 0 Å². The van der Waals surface area contributed by atoms with Crippen LogP contribution in [0.3, 0.4) is 0 Å². The molecule has 1 fully saturated rings. The van der Waals surface area contributed by atoms with Crippen molar-refractivity contribution in [1.82, 2.24) is 4.90 Å². The van der Waals surface area contributed by atoms with Gasteiger partial charge in [-0.1, -0.05) is 0 Å². The van der Waals surface area contributed by atoms with Crippen LogP contribution >= 0.6 is 0 Å². The highest BCUT2D eigenvalue weighted by Gasteiger charge is 2.19. The molecule has 0 spiro atoms. The molecule has 2 aromatic carbocycles. The molecule has 0 bridgehead atoms. The molecule has 2 aromatic rings. The Labute approximate surface area is 152 Å². The lowest BCUT2D eigenvalue weighted by Gasteiger charge is -2.38. The minimum Gasteiger partial charge on any atom is -0.369 e. The average molecular weight is 359 g/mol. The minimum absolute atomic E-state index is 0.0985. The number of halogens is 2. The van der Waals surface area contributed by atoms with Gasteiger partial charge < -0.3 is 10.2 Å². The van der Waals surface area contributed by atoms with E-state index in [-0.39, 0.29) is 5.69 Å². The summed E-state index contributed by atoms with van der Waals surface area (Å²) in [5.74, 6) is -1.85. The smallest absolute Gasteiger partial charge is 0.255 e. The Bertz CT molecular complexity index is 749. The van der Waals surface area contributed by atoms with Crippen LogP contribution in [0.2, 0.25) is 0 Å². The summed E-state index contributed by atoms with van der Waals surface area (Å²) in [5.41, 5.74) is 1.61. The Morgan fingerprint density at radius 1 is 0.962 bits per heavy atom. The first-order valence-corrected chi connectivity index (χ1v) is 8.79. The van der Waals surface area contributed by atoms with E-state index in [0.717, 1.165) is 50.1 Å². The molecule has 3 rings (SSSR count). The van der Waals surface area contributed by atoms with E-state index >= 15 is 0 Å². The Balaban J connectivity index is 1.63. The number of carbonyl (C=O) groups excluding carboxylic acids is 1. The Kier molecular flexibility index (Phi) is 5.52. The number of benzene rings is 2. The second-order valence-corrected chi connectivity index (χ2v) is 6.78. The van der Waals surface area contributed by atoms with Crippen LogP contribution in [-0.2, 0) is 0 Å². The van der Waals surface area contributed by atoms with Gasteiger partial charge in [-0.05, 0) is 50.2 Å². The maximum absolute atomic E-state index is 13.2. The van der Waals surface area contributed by atoms with Gasteiger partial charge in [0.25, 0.3) is 5.91 Å². The molecule has 26 heavy (non-hydrogen) atoms. The lowest BCUT2D eigenvalue weighted by molar-refractivity contribution is 0.102. The summed E-state index contributed by atoms with van der Waals surface area (Å²) in [7, 11) is 0. The van der Waals surface area contributed by atoms with Crippen molar-refractivity contribution in [3.63, 3.8) is 0 Å². The minimum atomic E-state index is -0.726. The lowest BCUT2D eigenvalue weighted by atomic mass is 10.1. The normalized spacial score (nSPS) is 15.3. The SMILES string of the molecule is CC(C)N1CCN(c2ccc(C(=O)Nc3cc(F)cc(F)c3)cc2)CC1. The molecular formula is C20H23F2N3O. The standard InChI is InChI=1S/C20H23F2N3O/c1-14(2)24-7-9-25(10-8-24)19-5-3-15(4-6-19)20(26)23-18-12-16(21)11-17(22)13-18/h3-6,11-14H,7-10H2,1-2H3,(H,23,26). The topological polar surface area (TPSA) is 35.6 Å². The van der Waals surface area contributed by atoms with Gasteiger partial charge in [-0.3, -0.25) is 9.69 Å². The predicted octanol–water partition coefficient (Wildman–Crippen LogP) is 3.75. The molecule has 138 valence electrons. The highest BCUT2D eigenvalue weighted by molar-refractivity contribution is 6.04. The first kappa shape index (κ1) is 18.3. The Morgan fingerprint density at radius 3 is 2.08 bits per heavy atom. The molecule has 4 nitrogen and oxygen atoms in total. The van der Waals surface area contributed by atoms with Gasteiger partial charge >= 0.3 is 0 Å². The van der Waals surface area contributed by atoms with Crippen molar-refractivity contribution in [2.45, 2.75) is 19.9 Å². The number of anilines is 2. The molecule has 0 aliphatic carbocycles. The third-order valence-electron chi connectivity index (χ3n) is 4.66. The second-order valence-electron chi connectivity index (χ2n) is 6.78. The van der Waals surface area contributed by atoms with Crippen molar-refractivity contribution >= 4 is 17.3 Å². The number of carbonyl (C=O) groups is 1. The van der Waals surface area contributed by atoms with E-state index in [1.807, 2.05) is 12.1 Å². The van der Waals surface area contributed by atoms with Gasteiger partial charge in [0.1, 0.15) is 11.6 Å². The summed E-state index contributed by atoms with van der Waals surface area (Å²) < 4.78 is 26.4. The van der Waals surface area contributed by atoms with Gasteiger partial charge in [0, 0.05) is 55.2 Å². The number of rotatable bonds is 4. The van der Waals surface area contributed by atoms with Crippen molar-refractivity contribution in [1.29, 1.82) is 0 Å². The van der Waals surface area contributed by atoms with E-state index in [4.69, 9.17) is 0 Å². The van der Waals surface area contributed by atoms with Crippen molar-refractivity contribution in [2.24, 2.45) is 0 Å². The molecule has 0 atom stereocenters. The molecule has 0 radical (unpaired) electrons. The number of hydrogen-bond donors (Lipinski definition) is 1. The number of nitrogens with one attached hydrogen (secondary N) is 1. The van der Waals surface area contributed by atoms with Crippen molar-refractivity contribution < 1.29 is 13.6 Å². The number of hydrogen-bond acceptors (Lipinski definition) is 3. The maximum atomic E-state index is 13.2. The zero-order valence-corrected chi connectivity index (χ0v) is 15.0. The van der Waals surface area contributed by atoms with E-state index in [9.17, 15) is 13.6 Å². The van der Waals surface area contributed by atoms with Gasteiger partial charge in [-0.15, -0.1) is 0 Å². The number of piperazine rings is 1. The fourth-order valence-corrected chi connectivity index (χ4v) is 3.15. The first-order valence-electron chi connectivity index (χ1n) is 8.79. The molecule has 1 N–H and O–H groups in total. The monoisotopic (exact) mass is 359 g/mol. The molecule has 0 aromatic heterocycles. The summed E-state index contributed by atoms with van der Waals surface area (Å²) in [4.78, 5) is 17.0. The Morgan fingerprint density at radius 2 is 1.54 bits per heavy atom. The molecule has 6 heteroatoms. The molecule has 0 saturated carbocycles. The third-order valence-corrected chi connectivity index (χ3v) is 4.66. The summed E-state index contributed by atoms with van der Waals surface area (Å²) in [5, 5.41) is 2.52. The second kappa shape index (κ2) is 7.83. The van der Waals surface area contributed by atoms with Crippen LogP contribution in [0, 0.1) is 11.6 Å². The summed E-state index contributed by atoms with van der Waals surface area (Å²) in [6.07, 6.45) is 0. The summed E-state index contributed by atoms with van der Waals surface area (Å²) in [6, 6.07) is 10.8. The molecule has 1 amide bonds. The Hall–Kier alpha value is -2.47. The van der Waals surface area contributed by atoms with Crippen LogP contribution in [0.1, 0.15) is 24.2 Å². The average Bonchev–Trinajstić information content (AvgIpc) is 2.61.